The molecule has 0 aliphatic carbocycles. The van der Waals surface area contributed by atoms with Gasteiger partial charge in [-0.1, -0.05) is 12.1 Å². The summed E-state index contributed by atoms with van der Waals surface area (Å²) in [5, 5.41) is 11.1. The zero-order valence-electron chi connectivity index (χ0n) is 7.58. The molecule has 1 aromatic carbocycles. The predicted molar refractivity (Wildman–Crippen MR) is 63.9 cm³/mol. The van der Waals surface area contributed by atoms with Crippen LogP contribution in [0.3, 0.4) is 0 Å². The maximum Gasteiger partial charge on any atom is 0.102 e. The molecule has 0 N–H and O–H groups in total. The van der Waals surface area contributed by atoms with Crippen molar-refractivity contribution in [1.82, 2.24) is 4.98 Å². The number of benzene rings is 1. The number of hydrogen-bond donors (Lipinski definition) is 0. The number of halogens is 1. The molecule has 0 unspecified atom stereocenters. The van der Waals surface area contributed by atoms with Crippen LogP contribution in [0.1, 0.15) is 11.3 Å². The van der Waals surface area contributed by atoms with Gasteiger partial charge in [-0.2, -0.15) is 5.26 Å². The van der Waals surface area contributed by atoms with Gasteiger partial charge in [-0.3, -0.25) is 4.98 Å². The smallest absolute Gasteiger partial charge is 0.102 e. The summed E-state index contributed by atoms with van der Waals surface area (Å²) < 4.78 is 1.10. The fourth-order valence-corrected chi connectivity index (χ4v) is 2.25. The van der Waals surface area contributed by atoms with Crippen LogP contribution in [0.5, 0.6) is 0 Å². The molecule has 0 aliphatic heterocycles. The van der Waals surface area contributed by atoms with E-state index in [-0.39, 0.29) is 0 Å². The third kappa shape index (κ3) is 1.36. The molecule has 0 amide bonds. The van der Waals surface area contributed by atoms with E-state index in [2.05, 4.69) is 33.6 Å². The quantitative estimate of drug-likeness (QED) is 0.699. The minimum atomic E-state index is 0.688. The first-order chi connectivity index (χ1) is 6.74. The zero-order valence-corrected chi connectivity index (χ0v) is 9.74. The molecular weight excluding hydrogens is 283 g/mol. The second-order valence-electron chi connectivity index (χ2n) is 3.03. The Morgan fingerprint density at radius 3 is 2.93 bits per heavy atom. The molecule has 0 bridgehead atoms. The summed E-state index contributed by atoms with van der Waals surface area (Å²) in [6.45, 7) is 1.86. The molecular formula is C11H7IN2. The summed E-state index contributed by atoms with van der Waals surface area (Å²) in [5.74, 6) is 0. The maximum atomic E-state index is 9.05. The summed E-state index contributed by atoms with van der Waals surface area (Å²) in [4.78, 5) is 4.19. The van der Waals surface area contributed by atoms with Gasteiger partial charge in [0.2, 0.25) is 0 Å². The summed E-state index contributed by atoms with van der Waals surface area (Å²) in [7, 11) is 0. The standard InChI is InChI=1S/C11H7IN2/c1-7-9(5-13)11-8(6-14-7)3-2-4-10(11)12/h2-4,6H,1H3/i12-4. The van der Waals surface area contributed by atoms with Crippen LogP contribution in [0.15, 0.2) is 24.4 Å². The molecule has 0 atom stereocenters. The molecule has 0 spiro atoms. The minimum absolute atomic E-state index is 0.688. The number of aryl methyl sites for hydroxylation is 1. The Labute approximate surface area is 95.7 Å². The summed E-state index contributed by atoms with van der Waals surface area (Å²) in [6.07, 6.45) is 1.81. The molecule has 0 saturated carbocycles. The molecule has 2 rings (SSSR count). The van der Waals surface area contributed by atoms with Crippen LogP contribution >= 0.6 is 22.6 Å². The zero-order chi connectivity index (χ0) is 10.1. The van der Waals surface area contributed by atoms with Gasteiger partial charge in [-0.25, -0.2) is 0 Å². The highest BCUT2D eigenvalue weighted by molar-refractivity contribution is 14.1. The third-order valence-electron chi connectivity index (χ3n) is 2.17. The monoisotopic (exact) mass is 290 g/mol. The van der Waals surface area contributed by atoms with Gasteiger partial charge in [-0.15, -0.1) is 0 Å². The Balaban J connectivity index is 3.01. The van der Waals surface area contributed by atoms with E-state index in [0.29, 0.717) is 5.56 Å². The third-order valence-corrected chi connectivity index (χ3v) is 3.07. The van der Waals surface area contributed by atoms with Crippen molar-refractivity contribution in [3.8, 4) is 6.07 Å². The van der Waals surface area contributed by atoms with Crippen molar-refractivity contribution >= 4 is 33.4 Å². The first-order valence-electron chi connectivity index (χ1n) is 4.18. The van der Waals surface area contributed by atoms with Crippen LogP contribution in [0, 0.1) is 21.8 Å². The molecule has 0 saturated heterocycles. The average molecular weight is 290 g/mol. The lowest BCUT2D eigenvalue weighted by atomic mass is 10.1. The van der Waals surface area contributed by atoms with Crippen LogP contribution in [0.4, 0.5) is 0 Å². The molecule has 3 heteroatoms. The number of nitrogens with zero attached hydrogens (tertiary/aromatic N) is 2. The van der Waals surface area contributed by atoms with Crippen molar-refractivity contribution < 1.29 is 0 Å². The topological polar surface area (TPSA) is 36.7 Å². The highest BCUT2D eigenvalue weighted by atomic mass is 123. The van der Waals surface area contributed by atoms with E-state index in [0.717, 1.165) is 20.0 Å². The van der Waals surface area contributed by atoms with Gasteiger partial charge in [0.15, 0.2) is 0 Å². The summed E-state index contributed by atoms with van der Waals surface area (Å²) in [6, 6.07) is 8.17. The fraction of sp³-hybridized carbons (Fsp3) is 0.0909. The molecule has 1 heterocycles. The Bertz CT molecular complexity index is 541. The summed E-state index contributed by atoms with van der Waals surface area (Å²) >= 11 is 2.24. The predicted octanol–water partition coefficient (Wildman–Crippen LogP) is 3.02. The van der Waals surface area contributed by atoms with E-state index >= 15 is 0 Å². The van der Waals surface area contributed by atoms with Crippen molar-refractivity contribution in [3.05, 3.63) is 39.2 Å². The number of fused-ring (bicyclic) bond motifs is 1. The van der Waals surface area contributed by atoms with E-state index < -0.39 is 0 Å². The van der Waals surface area contributed by atoms with Crippen LogP contribution in [0.25, 0.3) is 10.8 Å². The fourth-order valence-electron chi connectivity index (χ4n) is 1.46. The number of aromatic nitrogens is 1. The lowest BCUT2D eigenvalue weighted by Gasteiger charge is -2.04. The van der Waals surface area contributed by atoms with Gasteiger partial charge in [0, 0.05) is 20.5 Å². The van der Waals surface area contributed by atoms with E-state index in [9.17, 15) is 0 Å². The van der Waals surface area contributed by atoms with Crippen LogP contribution < -0.4 is 0 Å². The van der Waals surface area contributed by atoms with E-state index in [1.165, 1.54) is 0 Å². The van der Waals surface area contributed by atoms with Gasteiger partial charge >= 0.3 is 0 Å². The molecule has 2 aromatic rings. The lowest BCUT2D eigenvalue weighted by molar-refractivity contribution is 1.20. The highest BCUT2D eigenvalue weighted by Crippen LogP contribution is 2.24. The molecule has 68 valence electrons. The average Bonchev–Trinajstić information content (AvgIpc) is 2.19. The Kier molecular flexibility index (Phi) is 2.38. The van der Waals surface area contributed by atoms with Gasteiger partial charge in [0.05, 0.1) is 11.3 Å². The van der Waals surface area contributed by atoms with Crippen molar-refractivity contribution in [3.63, 3.8) is 0 Å². The number of nitriles is 1. The Morgan fingerprint density at radius 1 is 1.43 bits per heavy atom. The van der Waals surface area contributed by atoms with E-state index in [1.54, 1.807) is 0 Å². The van der Waals surface area contributed by atoms with Crippen molar-refractivity contribution in [2.24, 2.45) is 0 Å². The maximum absolute atomic E-state index is 9.05. The Hall–Kier alpha value is -1.15. The van der Waals surface area contributed by atoms with Gasteiger partial charge in [-0.05, 0) is 35.6 Å². The van der Waals surface area contributed by atoms with E-state index in [4.69, 9.17) is 5.26 Å². The van der Waals surface area contributed by atoms with Crippen molar-refractivity contribution in [1.29, 1.82) is 5.26 Å². The minimum Gasteiger partial charge on any atom is -0.260 e. The van der Waals surface area contributed by atoms with Gasteiger partial charge < -0.3 is 0 Å². The van der Waals surface area contributed by atoms with Gasteiger partial charge in [0.1, 0.15) is 6.07 Å². The largest absolute Gasteiger partial charge is 0.260 e. The molecule has 0 radical (unpaired) electrons. The van der Waals surface area contributed by atoms with Crippen LogP contribution in [0.2, 0.25) is 0 Å². The lowest BCUT2D eigenvalue weighted by Crippen LogP contribution is -1.91. The van der Waals surface area contributed by atoms with Crippen molar-refractivity contribution in [2.45, 2.75) is 6.92 Å². The van der Waals surface area contributed by atoms with E-state index in [1.807, 2.05) is 31.3 Å². The van der Waals surface area contributed by atoms with Crippen molar-refractivity contribution in [2.75, 3.05) is 0 Å². The SMILES string of the molecule is Cc1ncc2cccc([123I])c2c1C#N. The van der Waals surface area contributed by atoms with Gasteiger partial charge in [0.25, 0.3) is 0 Å². The second kappa shape index (κ2) is 3.54. The highest BCUT2D eigenvalue weighted by Gasteiger charge is 2.07. The molecule has 2 nitrogen and oxygen atoms in total. The molecule has 0 aliphatic rings. The summed E-state index contributed by atoms with van der Waals surface area (Å²) in [5.41, 5.74) is 1.48. The normalized spacial score (nSPS) is 10.1. The molecule has 14 heavy (non-hydrogen) atoms. The molecule has 1 aromatic heterocycles. The first kappa shape index (κ1) is 9.41. The molecule has 0 fully saturated rings. The number of rotatable bonds is 0. The number of pyridine rings is 1. The second-order valence-corrected chi connectivity index (χ2v) is 4.20. The Morgan fingerprint density at radius 2 is 2.21 bits per heavy atom. The first-order valence-corrected chi connectivity index (χ1v) is 5.26. The van der Waals surface area contributed by atoms with Crippen LogP contribution in [-0.4, -0.2) is 4.98 Å². The van der Waals surface area contributed by atoms with Crippen LogP contribution in [-0.2, 0) is 0 Å². The number of hydrogen-bond acceptors (Lipinski definition) is 2.